The van der Waals surface area contributed by atoms with Crippen molar-refractivity contribution in [2.24, 2.45) is 17.8 Å². The van der Waals surface area contributed by atoms with Crippen molar-refractivity contribution in [2.75, 3.05) is 7.11 Å². The zero-order valence-electron chi connectivity index (χ0n) is 13.1. The van der Waals surface area contributed by atoms with Crippen molar-refractivity contribution in [1.82, 2.24) is 5.32 Å². The van der Waals surface area contributed by atoms with Crippen molar-refractivity contribution in [2.45, 2.75) is 51.6 Å². The smallest absolute Gasteiger partial charge is 0.373 e. The normalized spacial score (nSPS) is 30.3. The molecule has 116 valence electrons. The zero-order valence-corrected chi connectivity index (χ0v) is 13.1. The maximum absolute atomic E-state index is 11.4. The molecule has 0 spiro atoms. The van der Waals surface area contributed by atoms with Gasteiger partial charge in [-0.15, -0.1) is 0 Å². The van der Waals surface area contributed by atoms with Crippen LogP contribution in [0.15, 0.2) is 16.5 Å². The number of hydrogen-bond acceptors (Lipinski definition) is 4. The van der Waals surface area contributed by atoms with E-state index in [0.717, 1.165) is 23.5 Å². The van der Waals surface area contributed by atoms with Crippen molar-refractivity contribution in [3.8, 4) is 0 Å². The summed E-state index contributed by atoms with van der Waals surface area (Å²) in [5.41, 5.74) is 0. The number of carbonyl (C=O) groups excluding carboxylic acids is 1. The van der Waals surface area contributed by atoms with E-state index in [0.29, 0.717) is 6.04 Å². The van der Waals surface area contributed by atoms with Crippen LogP contribution in [0, 0.1) is 17.8 Å². The Balaban J connectivity index is 1.59. The summed E-state index contributed by atoms with van der Waals surface area (Å²) in [6.07, 6.45) is 5.64. The molecule has 2 saturated carbocycles. The minimum Gasteiger partial charge on any atom is -0.463 e. The van der Waals surface area contributed by atoms with Crippen LogP contribution in [0.1, 0.15) is 61.9 Å². The Kier molecular flexibility index (Phi) is 4.07. The van der Waals surface area contributed by atoms with E-state index in [4.69, 9.17) is 4.42 Å². The summed E-state index contributed by atoms with van der Waals surface area (Å²) >= 11 is 0. The Hall–Kier alpha value is -1.29. The number of fused-ring (bicyclic) bond motifs is 2. The monoisotopic (exact) mass is 291 g/mol. The third-order valence-corrected chi connectivity index (χ3v) is 5.39. The van der Waals surface area contributed by atoms with Gasteiger partial charge in [0.25, 0.3) is 0 Å². The van der Waals surface area contributed by atoms with Crippen LogP contribution in [0.4, 0.5) is 0 Å². The van der Waals surface area contributed by atoms with Crippen molar-refractivity contribution < 1.29 is 13.9 Å². The number of rotatable bonds is 5. The molecular weight excluding hydrogens is 266 g/mol. The van der Waals surface area contributed by atoms with Gasteiger partial charge >= 0.3 is 5.97 Å². The van der Waals surface area contributed by atoms with Crippen LogP contribution >= 0.6 is 0 Å². The van der Waals surface area contributed by atoms with E-state index in [2.05, 4.69) is 23.9 Å². The van der Waals surface area contributed by atoms with E-state index in [1.165, 1.54) is 32.8 Å². The number of nitrogens with one attached hydrogen (secondary N) is 1. The van der Waals surface area contributed by atoms with Gasteiger partial charge in [-0.3, -0.25) is 0 Å². The Bertz CT molecular complexity index is 510. The molecule has 0 radical (unpaired) electrons. The van der Waals surface area contributed by atoms with Crippen molar-refractivity contribution in [3.05, 3.63) is 23.7 Å². The quantitative estimate of drug-likeness (QED) is 0.843. The molecular formula is C17H25NO3. The third kappa shape index (κ3) is 2.86. The Morgan fingerprint density at radius 1 is 1.33 bits per heavy atom. The Morgan fingerprint density at radius 2 is 2.14 bits per heavy atom. The highest BCUT2D eigenvalue weighted by atomic mass is 16.5. The van der Waals surface area contributed by atoms with Crippen molar-refractivity contribution >= 4 is 5.97 Å². The largest absolute Gasteiger partial charge is 0.463 e. The molecule has 5 atom stereocenters. The highest BCUT2D eigenvalue weighted by Gasteiger charge is 2.42. The fraction of sp³-hybridized carbons (Fsp3) is 0.706. The SMILES string of the molecule is COC(=O)c1ccc(C(C)NC(C)C2CC3CCC2C3)o1. The highest BCUT2D eigenvalue weighted by Crippen LogP contribution is 2.49. The molecule has 1 N–H and O–H groups in total. The van der Waals surface area contributed by atoms with Crippen LogP contribution < -0.4 is 5.32 Å². The topological polar surface area (TPSA) is 51.5 Å². The zero-order chi connectivity index (χ0) is 15.0. The van der Waals surface area contributed by atoms with E-state index in [1.54, 1.807) is 6.07 Å². The first-order valence-electron chi connectivity index (χ1n) is 8.02. The molecule has 2 bridgehead atoms. The average Bonchev–Trinajstić information content (AvgIpc) is 3.21. The lowest BCUT2D eigenvalue weighted by Gasteiger charge is -2.30. The number of furan rings is 1. The van der Waals surface area contributed by atoms with Crippen molar-refractivity contribution in [3.63, 3.8) is 0 Å². The first kappa shape index (κ1) is 14.6. The van der Waals surface area contributed by atoms with Gasteiger partial charge in [0.15, 0.2) is 0 Å². The van der Waals surface area contributed by atoms with Gasteiger partial charge in [0.1, 0.15) is 5.76 Å². The van der Waals surface area contributed by atoms with E-state index in [1.807, 2.05) is 6.07 Å². The lowest BCUT2D eigenvalue weighted by atomic mass is 9.83. The average molecular weight is 291 g/mol. The predicted molar refractivity (Wildman–Crippen MR) is 80.0 cm³/mol. The maximum atomic E-state index is 11.4. The minimum atomic E-state index is -0.422. The second kappa shape index (κ2) is 5.84. The highest BCUT2D eigenvalue weighted by molar-refractivity contribution is 5.86. The van der Waals surface area contributed by atoms with Crippen LogP contribution in [0.25, 0.3) is 0 Å². The van der Waals surface area contributed by atoms with Gasteiger partial charge in [-0.25, -0.2) is 4.79 Å². The van der Waals surface area contributed by atoms with Gasteiger partial charge < -0.3 is 14.5 Å². The van der Waals surface area contributed by atoms with Gasteiger partial charge in [0.2, 0.25) is 5.76 Å². The molecule has 0 amide bonds. The molecule has 1 aromatic rings. The standard InChI is InChI=1S/C17H25NO3/c1-10(14-9-12-4-5-13(14)8-12)18-11(2)15-6-7-16(21-15)17(19)20-3/h6-7,10-14,18H,4-5,8-9H2,1-3H3. The minimum absolute atomic E-state index is 0.109. The molecule has 0 aliphatic heterocycles. The predicted octanol–water partition coefficient (Wildman–Crippen LogP) is 3.54. The molecule has 21 heavy (non-hydrogen) atoms. The molecule has 1 aromatic heterocycles. The fourth-order valence-electron chi connectivity index (χ4n) is 4.30. The fourth-order valence-corrected chi connectivity index (χ4v) is 4.30. The van der Waals surface area contributed by atoms with Gasteiger partial charge in [-0.2, -0.15) is 0 Å². The van der Waals surface area contributed by atoms with Gasteiger partial charge in [0, 0.05) is 6.04 Å². The molecule has 3 rings (SSSR count). The Labute approximate surface area is 126 Å². The summed E-state index contributed by atoms with van der Waals surface area (Å²) in [4.78, 5) is 11.4. The summed E-state index contributed by atoms with van der Waals surface area (Å²) in [6, 6.07) is 4.14. The van der Waals surface area contributed by atoms with E-state index in [9.17, 15) is 4.79 Å². The summed E-state index contributed by atoms with van der Waals surface area (Å²) in [6.45, 7) is 4.37. The second-order valence-corrected chi connectivity index (χ2v) is 6.71. The van der Waals surface area contributed by atoms with Crippen LogP contribution in [-0.2, 0) is 4.74 Å². The molecule has 4 heteroatoms. The van der Waals surface area contributed by atoms with Crippen LogP contribution in [-0.4, -0.2) is 19.1 Å². The number of hydrogen-bond donors (Lipinski definition) is 1. The summed E-state index contributed by atoms with van der Waals surface area (Å²) in [5.74, 6) is 3.32. The van der Waals surface area contributed by atoms with E-state index >= 15 is 0 Å². The maximum Gasteiger partial charge on any atom is 0.373 e. The number of ether oxygens (including phenoxy) is 1. The third-order valence-electron chi connectivity index (χ3n) is 5.39. The molecule has 0 saturated heterocycles. The molecule has 5 unspecified atom stereocenters. The lowest BCUT2D eigenvalue weighted by Crippen LogP contribution is -2.37. The Morgan fingerprint density at radius 3 is 2.76 bits per heavy atom. The van der Waals surface area contributed by atoms with Gasteiger partial charge in [-0.1, -0.05) is 6.42 Å². The van der Waals surface area contributed by atoms with E-state index < -0.39 is 5.97 Å². The van der Waals surface area contributed by atoms with Crippen LogP contribution in [0.3, 0.4) is 0 Å². The van der Waals surface area contributed by atoms with Crippen molar-refractivity contribution in [1.29, 1.82) is 0 Å². The first-order chi connectivity index (χ1) is 10.1. The van der Waals surface area contributed by atoms with E-state index in [-0.39, 0.29) is 11.8 Å². The molecule has 2 fully saturated rings. The molecule has 0 aromatic carbocycles. The van der Waals surface area contributed by atoms with Gasteiger partial charge in [-0.05, 0) is 63.0 Å². The van der Waals surface area contributed by atoms with Crippen LogP contribution in [0.2, 0.25) is 0 Å². The number of esters is 1. The van der Waals surface area contributed by atoms with Crippen LogP contribution in [0.5, 0.6) is 0 Å². The molecule has 4 nitrogen and oxygen atoms in total. The van der Waals surface area contributed by atoms with Gasteiger partial charge in [0.05, 0.1) is 13.2 Å². The molecule has 2 aliphatic carbocycles. The molecule has 2 aliphatic rings. The number of carbonyl (C=O) groups is 1. The summed E-state index contributed by atoms with van der Waals surface area (Å²) < 4.78 is 10.3. The first-order valence-corrected chi connectivity index (χ1v) is 8.02. The lowest BCUT2D eigenvalue weighted by molar-refractivity contribution is 0.0562. The summed E-state index contributed by atoms with van der Waals surface area (Å²) in [5, 5.41) is 3.65. The number of methoxy groups -OCH3 is 1. The second-order valence-electron chi connectivity index (χ2n) is 6.71. The molecule has 1 heterocycles. The summed E-state index contributed by atoms with van der Waals surface area (Å²) in [7, 11) is 1.36.